The van der Waals surface area contributed by atoms with E-state index in [0.717, 1.165) is 24.8 Å². The van der Waals surface area contributed by atoms with Crippen molar-refractivity contribution in [2.24, 2.45) is 0 Å². The van der Waals surface area contributed by atoms with E-state index in [1.54, 1.807) is 0 Å². The highest BCUT2D eigenvalue weighted by atomic mass is 16.5. The summed E-state index contributed by atoms with van der Waals surface area (Å²) >= 11 is 0. The smallest absolute Gasteiger partial charge is 0.306 e. The van der Waals surface area contributed by atoms with Gasteiger partial charge in [0.2, 0.25) is 0 Å². The molecule has 0 aromatic heterocycles. The van der Waals surface area contributed by atoms with Crippen molar-refractivity contribution in [1.82, 2.24) is 0 Å². The van der Waals surface area contributed by atoms with Gasteiger partial charge in [-0.05, 0) is 47.2 Å². The SMILES string of the molecule is CCCCCCCCCC(=O)OC1C=C(CCCCCC)c2cccc3cccc1c23. The monoisotopic (exact) mass is 420 g/mol. The van der Waals surface area contributed by atoms with Crippen LogP contribution in [0.3, 0.4) is 0 Å². The van der Waals surface area contributed by atoms with Crippen LogP contribution in [0.5, 0.6) is 0 Å². The molecular formula is C29H40O2. The van der Waals surface area contributed by atoms with E-state index >= 15 is 0 Å². The van der Waals surface area contributed by atoms with Gasteiger partial charge in [-0.15, -0.1) is 0 Å². The number of carbonyl (C=O) groups is 1. The molecule has 1 atom stereocenters. The molecular weight excluding hydrogens is 380 g/mol. The second-order valence-electron chi connectivity index (χ2n) is 9.04. The van der Waals surface area contributed by atoms with E-state index in [2.05, 4.69) is 56.3 Å². The van der Waals surface area contributed by atoms with Crippen LogP contribution in [0.2, 0.25) is 0 Å². The fourth-order valence-electron chi connectivity index (χ4n) is 4.72. The summed E-state index contributed by atoms with van der Waals surface area (Å²) in [6, 6.07) is 12.9. The molecule has 0 bridgehead atoms. The van der Waals surface area contributed by atoms with Gasteiger partial charge in [0.1, 0.15) is 6.10 Å². The molecule has 31 heavy (non-hydrogen) atoms. The number of rotatable bonds is 14. The molecule has 0 radical (unpaired) electrons. The van der Waals surface area contributed by atoms with E-state index in [-0.39, 0.29) is 12.1 Å². The molecule has 0 heterocycles. The Morgan fingerprint density at radius 3 is 2.19 bits per heavy atom. The van der Waals surface area contributed by atoms with Crippen molar-refractivity contribution in [2.75, 3.05) is 0 Å². The minimum absolute atomic E-state index is 0.0588. The second kappa shape index (κ2) is 12.7. The van der Waals surface area contributed by atoms with Crippen LogP contribution >= 0.6 is 0 Å². The number of benzene rings is 2. The number of esters is 1. The third-order valence-electron chi connectivity index (χ3n) is 6.48. The zero-order valence-corrected chi connectivity index (χ0v) is 19.6. The molecule has 168 valence electrons. The molecule has 3 rings (SSSR count). The highest BCUT2D eigenvalue weighted by molar-refractivity contribution is 5.98. The normalized spacial score (nSPS) is 15.2. The van der Waals surface area contributed by atoms with E-state index in [9.17, 15) is 4.79 Å². The molecule has 0 spiro atoms. The average molecular weight is 421 g/mol. The third-order valence-corrected chi connectivity index (χ3v) is 6.48. The number of unbranched alkanes of at least 4 members (excludes halogenated alkanes) is 9. The molecule has 0 N–H and O–H groups in total. The summed E-state index contributed by atoms with van der Waals surface area (Å²) in [7, 11) is 0. The van der Waals surface area contributed by atoms with Crippen LogP contribution in [0.4, 0.5) is 0 Å². The van der Waals surface area contributed by atoms with Crippen molar-refractivity contribution in [3.8, 4) is 0 Å². The number of carbonyl (C=O) groups excluding carboxylic acids is 1. The first-order chi connectivity index (χ1) is 15.2. The molecule has 2 heteroatoms. The predicted molar refractivity (Wildman–Crippen MR) is 132 cm³/mol. The quantitative estimate of drug-likeness (QED) is 0.225. The topological polar surface area (TPSA) is 26.3 Å². The van der Waals surface area contributed by atoms with Crippen LogP contribution in [0, 0.1) is 0 Å². The summed E-state index contributed by atoms with van der Waals surface area (Å²) < 4.78 is 6.03. The van der Waals surface area contributed by atoms with Gasteiger partial charge >= 0.3 is 5.97 Å². The first-order valence-corrected chi connectivity index (χ1v) is 12.7. The maximum absolute atomic E-state index is 12.6. The van der Waals surface area contributed by atoms with Crippen molar-refractivity contribution in [3.63, 3.8) is 0 Å². The van der Waals surface area contributed by atoms with Crippen LogP contribution < -0.4 is 0 Å². The van der Waals surface area contributed by atoms with Gasteiger partial charge in [-0.1, -0.05) is 108 Å². The lowest BCUT2D eigenvalue weighted by molar-refractivity contribution is -0.147. The number of ether oxygens (including phenoxy) is 1. The Morgan fingerprint density at radius 1 is 0.806 bits per heavy atom. The van der Waals surface area contributed by atoms with E-state index < -0.39 is 0 Å². The molecule has 1 aliphatic rings. The zero-order valence-electron chi connectivity index (χ0n) is 19.6. The van der Waals surface area contributed by atoms with Crippen molar-refractivity contribution in [3.05, 3.63) is 53.6 Å². The maximum Gasteiger partial charge on any atom is 0.306 e. The van der Waals surface area contributed by atoms with Gasteiger partial charge in [0.15, 0.2) is 0 Å². The molecule has 0 amide bonds. The Balaban J connectivity index is 1.64. The standard InChI is InChI=1S/C29H40O2/c1-3-5-7-9-10-11-13-21-28(30)31-27-22-24(16-12-8-6-4-2)25-19-14-17-23-18-15-20-26(27)29(23)25/h14-15,17-20,22,27H,3-13,16,21H2,1-2H3. The zero-order chi connectivity index (χ0) is 21.9. The van der Waals surface area contributed by atoms with Crippen LogP contribution in [-0.2, 0) is 9.53 Å². The van der Waals surface area contributed by atoms with Gasteiger partial charge in [0.05, 0.1) is 0 Å². The van der Waals surface area contributed by atoms with Crippen molar-refractivity contribution >= 4 is 22.3 Å². The predicted octanol–water partition coefficient (Wildman–Crippen LogP) is 8.93. The fraction of sp³-hybridized carbons (Fsp3) is 0.552. The van der Waals surface area contributed by atoms with Crippen LogP contribution in [-0.4, -0.2) is 5.97 Å². The average Bonchev–Trinajstić information content (AvgIpc) is 2.78. The molecule has 0 saturated carbocycles. The summed E-state index contributed by atoms with van der Waals surface area (Å²) in [5, 5.41) is 2.51. The molecule has 0 saturated heterocycles. The van der Waals surface area contributed by atoms with Crippen LogP contribution in [0.15, 0.2) is 42.5 Å². The lowest BCUT2D eigenvalue weighted by Gasteiger charge is -2.25. The van der Waals surface area contributed by atoms with Gasteiger partial charge < -0.3 is 4.74 Å². The molecule has 0 fully saturated rings. The number of allylic oxidation sites excluding steroid dienone is 1. The first-order valence-electron chi connectivity index (χ1n) is 12.7. The van der Waals surface area contributed by atoms with Gasteiger partial charge in [-0.3, -0.25) is 4.79 Å². The van der Waals surface area contributed by atoms with E-state index in [1.165, 1.54) is 79.7 Å². The molecule has 2 aromatic carbocycles. The fourth-order valence-corrected chi connectivity index (χ4v) is 4.72. The lowest BCUT2D eigenvalue weighted by atomic mass is 9.84. The van der Waals surface area contributed by atoms with Gasteiger partial charge in [0, 0.05) is 12.0 Å². The highest BCUT2D eigenvalue weighted by Crippen LogP contribution is 2.41. The molecule has 0 aliphatic heterocycles. The summed E-state index contributed by atoms with van der Waals surface area (Å²) in [6.07, 6.45) is 17.0. The summed E-state index contributed by atoms with van der Waals surface area (Å²) in [6.45, 7) is 4.49. The summed E-state index contributed by atoms with van der Waals surface area (Å²) in [5.41, 5.74) is 3.80. The molecule has 1 aliphatic carbocycles. The Kier molecular flexibility index (Phi) is 9.65. The molecule has 1 unspecified atom stereocenters. The van der Waals surface area contributed by atoms with Gasteiger partial charge in [0.25, 0.3) is 0 Å². The van der Waals surface area contributed by atoms with Gasteiger partial charge in [-0.2, -0.15) is 0 Å². The Morgan fingerprint density at radius 2 is 1.45 bits per heavy atom. The van der Waals surface area contributed by atoms with Crippen LogP contribution in [0.1, 0.15) is 115 Å². The Hall–Kier alpha value is -2.09. The molecule has 2 nitrogen and oxygen atoms in total. The largest absolute Gasteiger partial charge is 0.453 e. The van der Waals surface area contributed by atoms with Crippen molar-refractivity contribution in [1.29, 1.82) is 0 Å². The van der Waals surface area contributed by atoms with E-state index in [1.807, 2.05) is 0 Å². The Labute approximate surface area is 189 Å². The first kappa shape index (κ1) is 23.6. The maximum atomic E-state index is 12.6. The number of hydrogen-bond donors (Lipinski definition) is 0. The summed E-state index contributed by atoms with van der Waals surface area (Å²) in [4.78, 5) is 12.6. The van der Waals surface area contributed by atoms with Crippen LogP contribution in [0.25, 0.3) is 16.3 Å². The van der Waals surface area contributed by atoms with Crippen molar-refractivity contribution < 1.29 is 9.53 Å². The minimum Gasteiger partial charge on any atom is -0.453 e. The Bertz CT molecular complexity index is 859. The van der Waals surface area contributed by atoms with Gasteiger partial charge in [-0.25, -0.2) is 0 Å². The second-order valence-corrected chi connectivity index (χ2v) is 9.04. The van der Waals surface area contributed by atoms with E-state index in [0.29, 0.717) is 6.42 Å². The number of hydrogen-bond acceptors (Lipinski definition) is 2. The highest BCUT2D eigenvalue weighted by Gasteiger charge is 2.24. The van der Waals surface area contributed by atoms with Crippen molar-refractivity contribution in [2.45, 2.75) is 103 Å². The summed E-state index contributed by atoms with van der Waals surface area (Å²) in [5.74, 6) is -0.0588. The van der Waals surface area contributed by atoms with E-state index in [4.69, 9.17) is 4.74 Å². The lowest BCUT2D eigenvalue weighted by Crippen LogP contribution is -2.13. The third kappa shape index (κ3) is 6.69. The minimum atomic E-state index is -0.253. The molecule has 2 aromatic rings.